The van der Waals surface area contributed by atoms with Crippen molar-refractivity contribution >= 4 is 28.1 Å². The number of carbonyl (C=O) groups excluding carboxylic acids is 1. The molecule has 4 rings (SSSR count). The number of benzene rings is 2. The van der Waals surface area contributed by atoms with Crippen LogP contribution in [0.2, 0.25) is 0 Å². The van der Waals surface area contributed by atoms with Gasteiger partial charge in [0.25, 0.3) is 11.5 Å². The van der Waals surface area contributed by atoms with E-state index in [4.69, 9.17) is 4.74 Å². The number of nitrogens with zero attached hydrogens (tertiary/aromatic N) is 3. The first-order valence-corrected chi connectivity index (χ1v) is 10.6. The Morgan fingerprint density at radius 2 is 1.82 bits per heavy atom. The zero-order valence-electron chi connectivity index (χ0n) is 18.0. The Labute approximate surface area is 187 Å². The highest BCUT2D eigenvalue weighted by molar-refractivity contribution is 6.12. The average molecular weight is 460 g/mol. The second-order valence-corrected chi connectivity index (χ2v) is 7.71. The van der Waals surface area contributed by atoms with Crippen molar-refractivity contribution in [1.82, 2.24) is 9.78 Å². The molecule has 7 nitrogen and oxygen atoms in total. The average Bonchev–Trinajstić information content (AvgIpc) is 2.81. The molecule has 1 fully saturated rings. The Kier molecular flexibility index (Phi) is 6.37. The summed E-state index contributed by atoms with van der Waals surface area (Å²) in [5.41, 5.74) is -0.730. The van der Waals surface area contributed by atoms with E-state index in [1.807, 2.05) is 11.8 Å². The van der Waals surface area contributed by atoms with Gasteiger partial charge in [-0.15, -0.1) is 0 Å². The number of morpholine rings is 1. The van der Waals surface area contributed by atoms with Crippen LogP contribution in [-0.2, 0) is 17.5 Å². The zero-order valence-corrected chi connectivity index (χ0v) is 18.0. The van der Waals surface area contributed by atoms with Crippen LogP contribution >= 0.6 is 0 Å². The van der Waals surface area contributed by atoms with E-state index < -0.39 is 17.6 Å². The summed E-state index contributed by atoms with van der Waals surface area (Å²) in [4.78, 5) is 27.8. The van der Waals surface area contributed by atoms with E-state index in [-0.39, 0.29) is 16.9 Å². The number of hydrogen-bond donors (Lipinski definition) is 1. The van der Waals surface area contributed by atoms with Crippen LogP contribution in [0.15, 0.2) is 47.3 Å². The summed E-state index contributed by atoms with van der Waals surface area (Å²) in [5.74, 6) is -0.690. The number of alkyl halides is 3. The number of rotatable bonds is 5. The molecule has 0 unspecified atom stereocenters. The minimum absolute atomic E-state index is 0.0239. The lowest BCUT2D eigenvalue weighted by molar-refractivity contribution is -0.137. The topological polar surface area (TPSA) is 76.5 Å². The summed E-state index contributed by atoms with van der Waals surface area (Å²) in [5, 5.41) is 7.52. The predicted octanol–water partition coefficient (Wildman–Crippen LogP) is 3.91. The molecule has 33 heavy (non-hydrogen) atoms. The molecule has 174 valence electrons. The molecule has 1 N–H and O–H groups in total. The van der Waals surface area contributed by atoms with Gasteiger partial charge < -0.3 is 15.0 Å². The normalized spacial score (nSPS) is 14.5. The lowest BCUT2D eigenvalue weighted by atomic mass is 10.1. The molecule has 0 radical (unpaired) electrons. The maximum atomic E-state index is 13.4. The molecule has 2 aromatic carbocycles. The van der Waals surface area contributed by atoms with E-state index in [9.17, 15) is 22.8 Å². The van der Waals surface area contributed by atoms with Crippen molar-refractivity contribution < 1.29 is 22.7 Å². The number of aryl methyl sites for hydroxylation is 1. The van der Waals surface area contributed by atoms with Crippen molar-refractivity contribution in [2.45, 2.75) is 26.1 Å². The minimum atomic E-state index is -4.57. The molecular formula is C23H23F3N4O3. The van der Waals surface area contributed by atoms with Crippen molar-refractivity contribution in [3.05, 3.63) is 64.1 Å². The van der Waals surface area contributed by atoms with Crippen LogP contribution in [0.5, 0.6) is 0 Å². The summed E-state index contributed by atoms with van der Waals surface area (Å²) in [6.45, 7) is 4.02. The molecule has 1 aromatic heterocycles. The van der Waals surface area contributed by atoms with E-state index in [1.165, 1.54) is 10.7 Å². The van der Waals surface area contributed by atoms with Gasteiger partial charge in [-0.3, -0.25) is 9.59 Å². The number of aromatic nitrogens is 2. The molecule has 3 aromatic rings. The van der Waals surface area contributed by atoms with Gasteiger partial charge in [0.1, 0.15) is 0 Å². The van der Waals surface area contributed by atoms with Crippen LogP contribution in [-0.4, -0.2) is 42.0 Å². The number of nitrogens with one attached hydrogen (secondary N) is 1. The first-order chi connectivity index (χ1) is 15.8. The lowest BCUT2D eigenvalue weighted by Gasteiger charge is -2.31. The predicted molar refractivity (Wildman–Crippen MR) is 119 cm³/mol. The second kappa shape index (κ2) is 9.22. The molecule has 1 aliphatic rings. The standard InChI is InChI=1S/C23H23F3N4O3/c1-2-9-30-22(32)17-6-4-3-5-16(17)20(28-30)21(31)27-18-14-15(23(24,25)26)7-8-19(18)29-10-12-33-13-11-29/h3-8,14H,2,9-13H2,1H3,(H,27,31). The summed E-state index contributed by atoms with van der Waals surface area (Å²) in [6.07, 6.45) is -3.94. The Hall–Kier alpha value is -3.40. The summed E-state index contributed by atoms with van der Waals surface area (Å²) < 4.78 is 46.7. The number of halogens is 3. The van der Waals surface area contributed by atoms with Crippen molar-refractivity contribution in [2.24, 2.45) is 0 Å². The molecule has 1 amide bonds. The molecular weight excluding hydrogens is 437 g/mol. The van der Waals surface area contributed by atoms with E-state index in [1.54, 1.807) is 24.3 Å². The van der Waals surface area contributed by atoms with Crippen molar-refractivity contribution in [3.8, 4) is 0 Å². The second-order valence-electron chi connectivity index (χ2n) is 7.71. The Morgan fingerprint density at radius 3 is 2.48 bits per heavy atom. The fraction of sp³-hybridized carbons (Fsp3) is 0.348. The number of amides is 1. The zero-order chi connectivity index (χ0) is 23.6. The van der Waals surface area contributed by atoms with Crippen LogP contribution in [0, 0.1) is 0 Å². The smallest absolute Gasteiger partial charge is 0.378 e. The van der Waals surface area contributed by atoms with Gasteiger partial charge in [-0.2, -0.15) is 18.3 Å². The largest absolute Gasteiger partial charge is 0.416 e. The number of carbonyl (C=O) groups is 1. The monoisotopic (exact) mass is 460 g/mol. The molecule has 0 saturated carbocycles. The number of ether oxygens (including phenoxy) is 1. The molecule has 0 atom stereocenters. The third-order valence-electron chi connectivity index (χ3n) is 5.44. The van der Waals surface area contributed by atoms with Crippen LogP contribution < -0.4 is 15.8 Å². The first kappa shape index (κ1) is 22.8. The maximum absolute atomic E-state index is 13.4. The number of fused-ring (bicyclic) bond motifs is 1. The third kappa shape index (κ3) is 4.70. The molecule has 0 spiro atoms. The first-order valence-electron chi connectivity index (χ1n) is 10.6. The highest BCUT2D eigenvalue weighted by Crippen LogP contribution is 2.36. The molecule has 0 aliphatic carbocycles. The molecule has 1 aliphatic heterocycles. The van der Waals surface area contributed by atoms with E-state index in [0.29, 0.717) is 55.7 Å². The van der Waals surface area contributed by atoms with Gasteiger partial charge in [0, 0.05) is 25.0 Å². The van der Waals surface area contributed by atoms with E-state index in [0.717, 1.165) is 12.1 Å². The molecule has 1 saturated heterocycles. The van der Waals surface area contributed by atoms with Gasteiger partial charge >= 0.3 is 6.18 Å². The Balaban J connectivity index is 1.79. The highest BCUT2D eigenvalue weighted by atomic mass is 19.4. The van der Waals surface area contributed by atoms with Gasteiger partial charge in [-0.25, -0.2) is 4.68 Å². The minimum Gasteiger partial charge on any atom is -0.378 e. The van der Waals surface area contributed by atoms with Gasteiger partial charge in [-0.05, 0) is 30.7 Å². The van der Waals surface area contributed by atoms with Gasteiger partial charge in [0.2, 0.25) is 0 Å². The van der Waals surface area contributed by atoms with Crippen LogP contribution in [0.4, 0.5) is 24.5 Å². The summed E-state index contributed by atoms with van der Waals surface area (Å²) in [6, 6.07) is 9.84. The van der Waals surface area contributed by atoms with Gasteiger partial charge in [0.15, 0.2) is 5.69 Å². The van der Waals surface area contributed by atoms with Crippen molar-refractivity contribution in [2.75, 3.05) is 36.5 Å². The maximum Gasteiger partial charge on any atom is 0.416 e. The van der Waals surface area contributed by atoms with Crippen LogP contribution in [0.25, 0.3) is 10.8 Å². The molecule has 0 bridgehead atoms. The SMILES string of the molecule is CCCn1nc(C(=O)Nc2cc(C(F)(F)F)ccc2N2CCOCC2)c2ccccc2c1=O. The lowest BCUT2D eigenvalue weighted by Crippen LogP contribution is -2.37. The fourth-order valence-electron chi connectivity index (χ4n) is 3.84. The van der Waals surface area contributed by atoms with E-state index >= 15 is 0 Å². The van der Waals surface area contributed by atoms with Crippen LogP contribution in [0.3, 0.4) is 0 Å². The fourth-order valence-corrected chi connectivity index (χ4v) is 3.84. The Morgan fingerprint density at radius 1 is 1.12 bits per heavy atom. The molecule has 10 heteroatoms. The molecule has 2 heterocycles. The van der Waals surface area contributed by atoms with Crippen molar-refractivity contribution in [1.29, 1.82) is 0 Å². The summed E-state index contributed by atoms with van der Waals surface area (Å²) in [7, 11) is 0. The summed E-state index contributed by atoms with van der Waals surface area (Å²) >= 11 is 0. The highest BCUT2D eigenvalue weighted by Gasteiger charge is 2.32. The number of anilines is 2. The van der Waals surface area contributed by atoms with Gasteiger partial charge in [0.05, 0.1) is 35.5 Å². The van der Waals surface area contributed by atoms with Gasteiger partial charge in [-0.1, -0.05) is 25.1 Å². The quantitative estimate of drug-likeness (QED) is 0.625. The number of hydrogen-bond acceptors (Lipinski definition) is 5. The third-order valence-corrected chi connectivity index (χ3v) is 5.44. The Bertz CT molecular complexity index is 1230. The van der Waals surface area contributed by atoms with Crippen LogP contribution in [0.1, 0.15) is 29.4 Å². The van der Waals surface area contributed by atoms with Crippen molar-refractivity contribution in [3.63, 3.8) is 0 Å². The van der Waals surface area contributed by atoms with E-state index in [2.05, 4.69) is 10.4 Å².